The van der Waals surface area contributed by atoms with Crippen molar-refractivity contribution in [2.75, 3.05) is 5.32 Å². The van der Waals surface area contributed by atoms with E-state index in [1.165, 1.54) is 12.7 Å². The second-order valence-corrected chi connectivity index (χ2v) is 4.57. The van der Waals surface area contributed by atoms with Gasteiger partial charge < -0.3 is 10.4 Å². The van der Waals surface area contributed by atoms with Gasteiger partial charge in [0.25, 0.3) is 0 Å². The molecule has 1 aromatic rings. The van der Waals surface area contributed by atoms with Gasteiger partial charge in [-0.25, -0.2) is 9.97 Å². The van der Waals surface area contributed by atoms with Crippen LogP contribution in [0.15, 0.2) is 12.4 Å². The van der Waals surface area contributed by atoms with Crippen molar-refractivity contribution in [3.8, 4) is 0 Å². The number of nitrogens with zero attached hydrogens (tertiary/aromatic N) is 2. The Bertz CT molecular complexity index is 348. The summed E-state index contributed by atoms with van der Waals surface area (Å²) < 4.78 is 0. The van der Waals surface area contributed by atoms with Crippen LogP contribution in [0.5, 0.6) is 0 Å². The fraction of sp³-hybridized carbons (Fsp3) is 0.636. The zero-order valence-corrected chi connectivity index (χ0v) is 9.82. The number of halogens is 1. The number of aliphatic hydroxyl groups is 1. The minimum Gasteiger partial charge on any atom is -0.391 e. The molecule has 1 saturated carbocycles. The lowest BCUT2D eigenvalue weighted by Crippen LogP contribution is -2.32. The lowest BCUT2D eigenvalue weighted by atomic mass is 10.1. The predicted molar refractivity (Wildman–Crippen MR) is 63.5 cm³/mol. The van der Waals surface area contributed by atoms with Crippen LogP contribution in [0.1, 0.15) is 32.1 Å². The molecule has 2 N–H and O–H groups in total. The average molecular weight is 242 g/mol. The second kappa shape index (κ2) is 5.46. The van der Waals surface area contributed by atoms with Crippen molar-refractivity contribution < 1.29 is 5.11 Å². The zero-order chi connectivity index (χ0) is 11.4. The van der Waals surface area contributed by atoms with Crippen LogP contribution in [0.3, 0.4) is 0 Å². The first-order valence-electron chi connectivity index (χ1n) is 5.68. The van der Waals surface area contributed by atoms with Crippen molar-refractivity contribution in [1.29, 1.82) is 0 Å². The second-order valence-electron chi connectivity index (χ2n) is 4.18. The lowest BCUT2D eigenvalue weighted by Gasteiger charge is -2.22. The summed E-state index contributed by atoms with van der Waals surface area (Å²) in [5, 5.41) is 13.6. The number of nitrogens with one attached hydrogen (secondary N) is 1. The minimum absolute atomic E-state index is 0.0773. The molecule has 1 aliphatic rings. The Morgan fingerprint density at radius 3 is 2.88 bits per heavy atom. The van der Waals surface area contributed by atoms with Crippen LogP contribution in [0.25, 0.3) is 0 Å². The molecule has 0 bridgehead atoms. The quantitative estimate of drug-likeness (QED) is 0.616. The van der Waals surface area contributed by atoms with Gasteiger partial charge in [-0.15, -0.1) is 0 Å². The van der Waals surface area contributed by atoms with Gasteiger partial charge in [-0.05, 0) is 12.8 Å². The summed E-state index contributed by atoms with van der Waals surface area (Å²) in [6, 6.07) is 1.76. The molecule has 1 aliphatic carbocycles. The first kappa shape index (κ1) is 11.6. The lowest BCUT2D eigenvalue weighted by molar-refractivity contribution is 0.144. The van der Waals surface area contributed by atoms with Crippen molar-refractivity contribution in [3.63, 3.8) is 0 Å². The van der Waals surface area contributed by atoms with Gasteiger partial charge in [0.15, 0.2) is 0 Å². The highest BCUT2D eigenvalue weighted by molar-refractivity contribution is 6.29. The van der Waals surface area contributed by atoms with Gasteiger partial charge in [0.1, 0.15) is 17.3 Å². The largest absolute Gasteiger partial charge is 0.391 e. The summed E-state index contributed by atoms with van der Waals surface area (Å²) in [6.07, 6.45) is 6.40. The van der Waals surface area contributed by atoms with E-state index in [9.17, 15) is 5.11 Å². The third-order valence-electron chi connectivity index (χ3n) is 2.95. The number of aromatic nitrogens is 2. The molecule has 2 atom stereocenters. The van der Waals surface area contributed by atoms with E-state index < -0.39 is 0 Å². The fourth-order valence-electron chi connectivity index (χ4n) is 2.06. The molecule has 88 valence electrons. The Morgan fingerprint density at radius 2 is 2.06 bits per heavy atom. The van der Waals surface area contributed by atoms with E-state index in [0.29, 0.717) is 11.0 Å². The molecule has 1 fully saturated rings. The van der Waals surface area contributed by atoms with Crippen LogP contribution in [-0.4, -0.2) is 27.2 Å². The molecule has 2 unspecified atom stereocenters. The van der Waals surface area contributed by atoms with E-state index in [2.05, 4.69) is 15.3 Å². The molecule has 5 heteroatoms. The topological polar surface area (TPSA) is 58.0 Å². The standard InChI is InChI=1S/C11H16ClN3O/c12-10-6-11(14-7-13-10)15-8-4-2-1-3-5-9(8)16/h6-9,16H,1-5H2,(H,13,14,15). The van der Waals surface area contributed by atoms with Crippen molar-refractivity contribution in [2.24, 2.45) is 0 Å². The molecule has 1 heterocycles. The first-order valence-corrected chi connectivity index (χ1v) is 6.05. The average Bonchev–Trinajstić information content (AvgIpc) is 2.45. The maximum Gasteiger partial charge on any atom is 0.134 e. The van der Waals surface area contributed by atoms with E-state index in [1.807, 2.05) is 0 Å². The van der Waals surface area contributed by atoms with Crippen LogP contribution in [0.2, 0.25) is 5.15 Å². The molecule has 0 aromatic carbocycles. The van der Waals surface area contributed by atoms with E-state index >= 15 is 0 Å². The Balaban J connectivity index is 2.02. The van der Waals surface area contributed by atoms with Gasteiger partial charge in [0, 0.05) is 6.07 Å². The van der Waals surface area contributed by atoms with Gasteiger partial charge in [-0.2, -0.15) is 0 Å². The van der Waals surface area contributed by atoms with Gasteiger partial charge in [0.05, 0.1) is 12.1 Å². The summed E-state index contributed by atoms with van der Waals surface area (Å²) in [5.74, 6) is 0.686. The van der Waals surface area contributed by atoms with E-state index in [1.54, 1.807) is 6.07 Å². The van der Waals surface area contributed by atoms with E-state index in [4.69, 9.17) is 11.6 Å². The van der Waals surface area contributed by atoms with Crippen LogP contribution < -0.4 is 5.32 Å². The smallest absolute Gasteiger partial charge is 0.134 e. The van der Waals surface area contributed by atoms with Crippen molar-refractivity contribution in [3.05, 3.63) is 17.5 Å². The van der Waals surface area contributed by atoms with Crippen molar-refractivity contribution in [2.45, 2.75) is 44.2 Å². The number of rotatable bonds is 2. The molecule has 1 aromatic heterocycles. The van der Waals surface area contributed by atoms with Crippen LogP contribution in [-0.2, 0) is 0 Å². The molecule has 4 nitrogen and oxygen atoms in total. The minimum atomic E-state index is -0.295. The number of anilines is 1. The summed E-state index contributed by atoms with van der Waals surface area (Å²) in [7, 11) is 0. The Hall–Kier alpha value is -0.870. The summed E-state index contributed by atoms with van der Waals surface area (Å²) in [5.41, 5.74) is 0. The van der Waals surface area contributed by atoms with E-state index in [-0.39, 0.29) is 12.1 Å². The molecule has 16 heavy (non-hydrogen) atoms. The van der Waals surface area contributed by atoms with Gasteiger partial charge in [-0.1, -0.05) is 30.9 Å². The Morgan fingerprint density at radius 1 is 1.25 bits per heavy atom. The number of hydrogen-bond donors (Lipinski definition) is 2. The maximum absolute atomic E-state index is 9.94. The van der Waals surface area contributed by atoms with Crippen LogP contribution >= 0.6 is 11.6 Å². The van der Waals surface area contributed by atoms with Crippen molar-refractivity contribution >= 4 is 17.4 Å². The van der Waals surface area contributed by atoms with E-state index in [0.717, 1.165) is 25.7 Å². The highest BCUT2D eigenvalue weighted by Gasteiger charge is 2.21. The normalized spacial score (nSPS) is 26.1. The third-order valence-corrected chi connectivity index (χ3v) is 3.15. The molecule has 0 amide bonds. The number of aliphatic hydroxyl groups excluding tert-OH is 1. The maximum atomic E-state index is 9.94. The van der Waals surface area contributed by atoms with Crippen molar-refractivity contribution in [1.82, 2.24) is 9.97 Å². The highest BCUT2D eigenvalue weighted by atomic mass is 35.5. The summed E-state index contributed by atoms with van der Waals surface area (Å²) >= 11 is 5.78. The molecule has 0 spiro atoms. The number of hydrogen-bond acceptors (Lipinski definition) is 4. The molecule has 2 rings (SSSR count). The van der Waals surface area contributed by atoms with Crippen LogP contribution in [0, 0.1) is 0 Å². The third kappa shape index (κ3) is 3.06. The molecule has 0 aliphatic heterocycles. The molecule has 0 radical (unpaired) electrons. The van der Waals surface area contributed by atoms with Gasteiger partial charge >= 0.3 is 0 Å². The molecular weight excluding hydrogens is 226 g/mol. The Labute approximate surface area is 100 Å². The zero-order valence-electron chi connectivity index (χ0n) is 9.06. The predicted octanol–water partition coefficient (Wildman–Crippen LogP) is 2.24. The SMILES string of the molecule is OC1CCCCCC1Nc1cc(Cl)ncn1. The summed E-state index contributed by atoms with van der Waals surface area (Å²) in [4.78, 5) is 7.90. The monoisotopic (exact) mass is 241 g/mol. The fourth-order valence-corrected chi connectivity index (χ4v) is 2.21. The molecular formula is C11H16ClN3O. The van der Waals surface area contributed by atoms with Gasteiger partial charge in [-0.3, -0.25) is 0 Å². The summed E-state index contributed by atoms with van der Waals surface area (Å²) in [6.45, 7) is 0. The molecule has 0 saturated heterocycles. The first-order chi connectivity index (χ1) is 7.75. The van der Waals surface area contributed by atoms with Gasteiger partial charge in [0.2, 0.25) is 0 Å². The van der Waals surface area contributed by atoms with Crippen LogP contribution in [0.4, 0.5) is 5.82 Å². The Kier molecular flexibility index (Phi) is 3.96. The highest BCUT2D eigenvalue weighted by Crippen LogP contribution is 2.21.